The molecule has 1 aromatic heterocycles. The van der Waals surface area contributed by atoms with Crippen LogP contribution in [-0.2, 0) is 63.1 Å². The predicted molar refractivity (Wildman–Crippen MR) is 288 cm³/mol. The minimum atomic E-state index is -3.37. The van der Waals surface area contributed by atoms with Gasteiger partial charge in [-0.05, 0) is 97.1 Å². The zero-order valence-electron chi connectivity index (χ0n) is 46.7. The first-order chi connectivity index (χ1) is 37.1. The SMILES string of the molecule is CC(C)[C@H](NC(=O)[C@@H]1CCCN1C(=O)[C@H](CC(=O)OC(C)(C)C)NC(=O)CCOCCOCCOCCNC(=O)OC(C)(C)C)C(=O)N=[S@@](C)(=O)Cc1cc2cc(c1)O[C@@H](C)CCOc1cc(F)ccc1-c1nc(ncc1F)N2. The number of nitrogens with one attached hydrogen (secondary N) is 4. The quantitative estimate of drug-likeness (QED) is 0.0648. The molecule has 4 N–H and O–H groups in total. The zero-order chi connectivity index (χ0) is 58.1. The summed E-state index contributed by atoms with van der Waals surface area (Å²) in [5.41, 5.74) is -0.627. The molecule has 1 saturated heterocycles. The van der Waals surface area contributed by atoms with Crippen molar-refractivity contribution in [2.45, 2.75) is 136 Å². The number of carbonyl (C=O) groups excluding carboxylic acids is 6. The Bertz CT molecular complexity index is 2750. The van der Waals surface area contributed by atoms with Gasteiger partial charge in [0.2, 0.25) is 23.7 Å². The van der Waals surface area contributed by atoms with E-state index in [1.165, 1.54) is 23.3 Å². The van der Waals surface area contributed by atoms with Crippen molar-refractivity contribution in [1.29, 1.82) is 0 Å². The van der Waals surface area contributed by atoms with Crippen molar-refractivity contribution in [1.82, 2.24) is 30.8 Å². The number of anilines is 2. The second-order valence-electron chi connectivity index (χ2n) is 21.5. The van der Waals surface area contributed by atoms with Crippen molar-refractivity contribution >= 4 is 57.1 Å². The van der Waals surface area contributed by atoms with Gasteiger partial charge in [-0.1, -0.05) is 13.8 Å². The molecule has 0 saturated carbocycles. The van der Waals surface area contributed by atoms with Crippen molar-refractivity contribution in [2.75, 3.05) is 70.9 Å². The van der Waals surface area contributed by atoms with Crippen LogP contribution in [0.25, 0.3) is 11.3 Å². The molecule has 0 spiro atoms. The molecule has 3 heterocycles. The van der Waals surface area contributed by atoms with E-state index < -0.39 is 105 Å². The summed E-state index contributed by atoms with van der Waals surface area (Å²) in [5, 5.41) is 11.0. The normalized spacial score (nSPS) is 17.0. The molecule has 79 heavy (non-hydrogen) atoms. The van der Waals surface area contributed by atoms with Crippen LogP contribution >= 0.6 is 0 Å². The number of hydrogen-bond donors (Lipinski definition) is 4. The third-order valence-corrected chi connectivity index (χ3v) is 13.1. The standard InChI is InChI=1S/C54H76F2N8O14S/c1-33(2)46(49(68)63-79(10,71)32-35-26-37-29-38(27-35)76-34(3)15-20-75-43-28-36(55)13-14-39(43)47-40(56)31-58-51(59-37)62-47)61-48(67)42-12-11-18-64(42)50(69)41(30-45(66)77-53(4,5)6)60-44(65)16-19-72-22-24-74-25-23-73-21-17-57-52(70)78-54(7,8)9/h13-14,26-29,31,33-34,41-42,46H,11-12,15-25,30,32H2,1-10H3,(H,57,70)(H,60,65)(H,61,67)(H,58,59,62)/t34-,41-,42-,46-,79-/m0/s1. The van der Waals surface area contributed by atoms with Crippen LogP contribution in [0.3, 0.4) is 0 Å². The molecular formula is C54H76F2N8O14S. The highest BCUT2D eigenvalue weighted by molar-refractivity contribution is 7.92. The van der Waals surface area contributed by atoms with Crippen molar-refractivity contribution < 1.29 is 74.9 Å². The fraction of sp³-hybridized carbons (Fsp3) is 0.593. The van der Waals surface area contributed by atoms with Crippen LogP contribution in [0.15, 0.2) is 47.0 Å². The van der Waals surface area contributed by atoms with Crippen LogP contribution in [0.5, 0.6) is 11.5 Å². The maximum atomic E-state index is 15.2. The molecule has 5 rings (SSSR count). The number of halogens is 2. The Hall–Kier alpha value is -6.57. The average Bonchev–Trinajstić information content (AvgIpc) is 3.87. The third kappa shape index (κ3) is 21.5. The van der Waals surface area contributed by atoms with Crippen LogP contribution < -0.4 is 30.7 Å². The second-order valence-corrected chi connectivity index (χ2v) is 23.9. The molecule has 436 valence electrons. The van der Waals surface area contributed by atoms with Crippen molar-refractivity contribution in [3.05, 3.63) is 59.8 Å². The van der Waals surface area contributed by atoms with E-state index in [0.717, 1.165) is 12.3 Å². The number of alkyl carbamates (subject to hydrolysis) is 1. The summed E-state index contributed by atoms with van der Waals surface area (Å²) in [4.78, 5) is 90.1. The van der Waals surface area contributed by atoms with E-state index in [2.05, 4.69) is 35.6 Å². The number of esters is 1. The molecular weight excluding hydrogens is 1050 g/mol. The molecule has 3 aromatic rings. The topological polar surface area (TPSA) is 274 Å². The molecule has 4 bridgehead atoms. The molecule has 0 unspecified atom stereocenters. The number of aromatic nitrogens is 2. The van der Waals surface area contributed by atoms with Gasteiger partial charge in [-0.25, -0.2) is 27.8 Å². The Morgan fingerprint density at radius 1 is 0.899 bits per heavy atom. The smallest absolute Gasteiger partial charge is 0.407 e. The van der Waals surface area contributed by atoms with E-state index in [9.17, 15) is 37.4 Å². The lowest BCUT2D eigenvalue weighted by Gasteiger charge is -2.30. The molecule has 22 nitrogen and oxygen atoms in total. The second kappa shape index (κ2) is 29.1. The minimum absolute atomic E-state index is 0.0253. The number of rotatable bonds is 22. The molecule has 5 atom stereocenters. The van der Waals surface area contributed by atoms with Gasteiger partial charge in [0.05, 0.1) is 80.5 Å². The summed E-state index contributed by atoms with van der Waals surface area (Å²) in [6.07, 6.45) is 1.52. The molecule has 2 aliphatic heterocycles. The first-order valence-electron chi connectivity index (χ1n) is 26.2. The number of fused-ring (bicyclic) bond motifs is 6. The number of hydrogen-bond acceptors (Lipinski definition) is 17. The molecule has 2 aliphatic rings. The molecule has 1 fully saturated rings. The highest BCUT2D eigenvalue weighted by Crippen LogP contribution is 2.34. The van der Waals surface area contributed by atoms with Crippen molar-refractivity contribution in [2.24, 2.45) is 10.3 Å². The molecule has 25 heteroatoms. The lowest BCUT2D eigenvalue weighted by Crippen LogP contribution is -2.56. The number of amides is 5. The Morgan fingerprint density at radius 3 is 2.27 bits per heavy atom. The zero-order valence-corrected chi connectivity index (χ0v) is 47.5. The lowest BCUT2D eigenvalue weighted by molar-refractivity contribution is -0.157. The molecule has 0 aliphatic carbocycles. The van der Waals surface area contributed by atoms with Gasteiger partial charge >= 0.3 is 12.1 Å². The van der Waals surface area contributed by atoms with Crippen LogP contribution in [0.1, 0.15) is 100.0 Å². The Kier molecular flexibility index (Phi) is 23.3. The summed E-state index contributed by atoms with van der Waals surface area (Å²) in [6.45, 7) is 17.0. The van der Waals surface area contributed by atoms with E-state index in [1.807, 2.05) is 0 Å². The number of nitrogens with zero attached hydrogens (tertiary/aromatic N) is 4. The third-order valence-electron chi connectivity index (χ3n) is 11.6. The predicted octanol–water partition coefficient (Wildman–Crippen LogP) is 6.15. The Labute approximate surface area is 460 Å². The maximum Gasteiger partial charge on any atom is 0.407 e. The molecule has 2 aromatic carbocycles. The van der Waals surface area contributed by atoms with Gasteiger partial charge in [0.15, 0.2) is 5.82 Å². The first kappa shape index (κ1) is 63.3. The van der Waals surface area contributed by atoms with Crippen LogP contribution in [0, 0.1) is 17.6 Å². The van der Waals surface area contributed by atoms with Gasteiger partial charge < -0.3 is 59.3 Å². The fourth-order valence-electron chi connectivity index (χ4n) is 8.18. The van der Waals surface area contributed by atoms with Gasteiger partial charge in [0, 0.05) is 55.6 Å². The first-order valence-corrected chi connectivity index (χ1v) is 28.3. The van der Waals surface area contributed by atoms with Crippen molar-refractivity contribution in [3.63, 3.8) is 0 Å². The largest absolute Gasteiger partial charge is 0.493 e. The highest BCUT2D eigenvalue weighted by Gasteiger charge is 2.40. The fourth-order valence-corrected chi connectivity index (χ4v) is 9.53. The number of carbonyl (C=O) groups is 6. The average molecular weight is 1130 g/mol. The van der Waals surface area contributed by atoms with E-state index in [4.69, 9.17) is 33.2 Å². The van der Waals surface area contributed by atoms with Gasteiger partial charge in [0.1, 0.15) is 52.3 Å². The summed E-state index contributed by atoms with van der Waals surface area (Å²) in [6, 6.07) is 4.82. The van der Waals surface area contributed by atoms with E-state index in [1.54, 1.807) is 80.5 Å². The van der Waals surface area contributed by atoms with Crippen LogP contribution in [-0.4, -0.2) is 156 Å². The summed E-state index contributed by atoms with van der Waals surface area (Å²) < 4.78 is 87.1. The van der Waals surface area contributed by atoms with Crippen LogP contribution in [0.4, 0.5) is 25.2 Å². The summed E-state index contributed by atoms with van der Waals surface area (Å²) in [5.74, 6) is -5.35. The van der Waals surface area contributed by atoms with Gasteiger partial charge in [-0.2, -0.15) is 4.36 Å². The summed E-state index contributed by atoms with van der Waals surface area (Å²) in [7, 11) is -3.37. The number of benzene rings is 2. The van der Waals surface area contributed by atoms with Gasteiger partial charge in [0.25, 0.3) is 5.91 Å². The van der Waals surface area contributed by atoms with Gasteiger partial charge in [-0.3, -0.25) is 24.0 Å². The van der Waals surface area contributed by atoms with E-state index in [-0.39, 0.29) is 101 Å². The summed E-state index contributed by atoms with van der Waals surface area (Å²) >= 11 is 0. The highest BCUT2D eigenvalue weighted by atomic mass is 32.2. The monoisotopic (exact) mass is 1130 g/mol. The lowest BCUT2D eigenvalue weighted by atomic mass is 10.0. The van der Waals surface area contributed by atoms with E-state index >= 15 is 4.39 Å². The van der Waals surface area contributed by atoms with Gasteiger partial charge in [-0.15, -0.1) is 0 Å². The molecule has 0 radical (unpaired) electrons. The number of ether oxygens (including phenoxy) is 7. The van der Waals surface area contributed by atoms with E-state index in [0.29, 0.717) is 29.8 Å². The Balaban J connectivity index is 1.20. The minimum Gasteiger partial charge on any atom is -0.493 e. The maximum absolute atomic E-state index is 15.2. The van der Waals surface area contributed by atoms with Crippen molar-refractivity contribution in [3.8, 4) is 22.8 Å². The Morgan fingerprint density at radius 2 is 1.58 bits per heavy atom. The van der Waals surface area contributed by atoms with Crippen LogP contribution in [0.2, 0.25) is 0 Å². The molecule has 5 amide bonds. The number of likely N-dealkylation sites (tertiary alicyclic amines) is 1.